The summed E-state index contributed by atoms with van der Waals surface area (Å²) < 4.78 is 58.3. The van der Waals surface area contributed by atoms with Crippen LogP contribution in [0.2, 0.25) is 0 Å². The molecule has 1 fully saturated rings. The minimum Gasteiger partial charge on any atom is -0.303 e. The van der Waals surface area contributed by atoms with E-state index < -0.39 is 38.3 Å². The normalized spacial score (nSPS) is 31.5. The molecule has 16 heavy (non-hydrogen) atoms. The fourth-order valence-electron chi connectivity index (χ4n) is 1.79. The van der Waals surface area contributed by atoms with Crippen LogP contribution in [0.15, 0.2) is 0 Å². The zero-order chi connectivity index (χ0) is 12.3. The van der Waals surface area contributed by atoms with E-state index >= 15 is 0 Å². The lowest BCUT2D eigenvalue weighted by Crippen LogP contribution is -2.45. The molecule has 0 saturated heterocycles. The van der Waals surface area contributed by atoms with Crippen molar-refractivity contribution in [3.63, 3.8) is 0 Å². The van der Waals surface area contributed by atoms with Crippen LogP contribution >= 0.6 is 0 Å². The Kier molecular flexibility index (Phi) is 4.39. The van der Waals surface area contributed by atoms with Crippen molar-refractivity contribution in [2.75, 3.05) is 0 Å². The predicted molar refractivity (Wildman–Crippen MR) is 54.5 cm³/mol. The molecule has 1 N–H and O–H groups in total. The van der Waals surface area contributed by atoms with Gasteiger partial charge in [-0.3, -0.25) is 0 Å². The van der Waals surface area contributed by atoms with E-state index in [0.29, 0.717) is 19.1 Å². The van der Waals surface area contributed by atoms with Gasteiger partial charge in [0.05, 0.1) is 0 Å². The standard InChI is InChI=1S/C7H12FNO5S2/c8-7-5(4-10)2-1-3-6(7)16(13,14)9-15(11)12/h4-7,15H,1-3H2,(H,9,11,12). The smallest absolute Gasteiger partial charge is 0.230 e. The third-order valence-corrected chi connectivity index (χ3v) is 5.47. The maximum atomic E-state index is 13.6. The fourth-order valence-corrected chi connectivity index (χ4v) is 4.18. The molecule has 3 atom stereocenters. The summed E-state index contributed by atoms with van der Waals surface area (Å²) in [6, 6.07) is 0. The van der Waals surface area contributed by atoms with E-state index in [9.17, 15) is 26.0 Å². The number of sulfonamides is 1. The Hall–Kier alpha value is -0.540. The van der Waals surface area contributed by atoms with Crippen LogP contribution in [-0.4, -0.2) is 34.5 Å². The minimum atomic E-state index is -4.25. The van der Waals surface area contributed by atoms with E-state index in [1.165, 1.54) is 4.13 Å². The van der Waals surface area contributed by atoms with Crippen LogP contribution in [0.3, 0.4) is 0 Å². The lowest BCUT2D eigenvalue weighted by atomic mass is 9.88. The van der Waals surface area contributed by atoms with Crippen LogP contribution in [0.4, 0.5) is 4.39 Å². The number of halogens is 1. The van der Waals surface area contributed by atoms with Crippen LogP contribution in [0.25, 0.3) is 0 Å². The van der Waals surface area contributed by atoms with Crippen molar-refractivity contribution in [3.8, 4) is 0 Å². The van der Waals surface area contributed by atoms with Crippen LogP contribution in [0.1, 0.15) is 19.3 Å². The zero-order valence-corrected chi connectivity index (χ0v) is 9.92. The van der Waals surface area contributed by atoms with Crippen molar-refractivity contribution in [3.05, 3.63) is 0 Å². The molecule has 0 heterocycles. The van der Waals surface area contributed by atoms with Gasteiger partial charge in [0, 0.05) is 5.92 Å². The molecule has 1 aliphatic carbocycles. The third-order valence-electron chi connectivity index (χ3n) is 2.57. The monoisotopic (exact) mass is 273 g/mol. The molecular formula is C7H12FNO5S2. The first-order valence-corrected chi connectivity index (χ1v) is 7.36. The Labute approximate surface area is 94.4 Å². The molecule has 0 aromatic carbocycles. The first kappa shape index (κ1) is 13.5. The molecule has 94 valence electrons. The van der Waals surface area contributed by atoms with Crippen molar-refractivity contribution in [2.45, 2.75) is 30.7 Å². The van der Waals surface area contributed by atoms with Gasteiger partial charge < -0.3 is 4.79 Å². The SMILES string of the molecule is O=CC1CCCC(S(=O)(=O)N[SH](=O)=O)C1F. The number of rotatable bonds is 4. The van der Waals surface area contributed by atoms with Crippen molar-refractivity contribution >= 4 is 27.2 Å². The molecule has 0 aromatic heterocycles. The van der Waals surface area contributed by atoms with Gasteiger partial charge in [0.15, 0.2) is 0 Å². The van der Waals surface area contributed by atoms with Crippen molar-refractivity contribution < 1.29 is 26.0 Å². The quantitative estimate of drug-likeness (QED) is 0.513. The molecule has 0 aliphatic heterocycles. The van der Waals surface area contributed by atoms with Gasteiger partial charge in [-0.2, -0.15) is 0 Å². The Morgan fingerprint density at radius 1 is 1.31 bits per heavy atom. The highest BCUT2D eigenvalue weighted by Gasteiger charge is 2.41. The number of hydrogen-bond acceptors (Lipinski definition) is 5. The lowest BCUT2D eigenvalue weighted by Gasteiger charge is -2.28. The molecule has 0 bridgehead atoms. The van der Waals surface area contributed by atoms with Crippen LogP contribution in [-0.2, 0) is 25.7 Å². The minimum absolute atomic E-state index is 0.0179. The zero-order valence-electron chi connectivity index (χ0n) is 8.21. The van der Waals surface area contributed by atoms with Crippen LogP contribution in [0, 0.1) is 5.92 Å². The summed E-state index contributed by atoms with van der Waals surface area (Å²) in [5.41, 5.74) is 0. The van der Waals surface area contributed by atoms with Gasteiger partial charge in [-0.15, -0.1) is 4.13 Å². The molecule has 0 radical (unpaired) electrons. The predicted octanol–water partition coefficient (Wildman–Crippen LogP) is -0.862. The van der Waals surface area contributed by atoms with E-state index in [1.807, 2.05) is 0 Å². The lowest BCUT2D eigenvalue weighted by molar-refractivity contribution is -0.113. The molecule has 1 rings (SSSR count). The number of nitrogens with one attached hydrogen (secondary N) is 1. The summed E-state index contributed by atoms with van der Waals surface area (Å²) in [6.07, 6.45) is -0.780. The van der Waals surface area contributed by atoms with Crippen molar-refractivity contribution in [1.29, 1.82) is 0 Å². The van der Waals surface area contributed by atoms with Crippen LogP contribution < -0.4 is 4.13 Å². The van der Waals surface area contributed by atoms with E-state index in [4.69, 9.17) is 0 Å². The number of carbonyl (C=O) groups is 1. The fraction of sp³-hybridized carbons (Fsp3) is 0.857. The van der Waals surface area contributed by atoms with E-state index in [1.54, 1.807) is 0 Å². The Balaban J connectivity index is 2.90. The number of thiol groups is 1. The third kappa shape index (κ3) is 2.98. The average molecular weight is 273 g/mol. The van der Waals surface area contributed by atoms with Crippen molar-refractivity contribution in [1.82, 2.24) is 4.13 Å². The summed E-state index contributed by atoms with van der Waals surface area (Å²) >= 11 is 0. The average Bonchev–Trinajstić information content (AvgIpc) is 2.15. The highest BCUT2D eigenvalue weighted by molar-refractivity contribution is 7.98. The summed E-state index contributed by atoms with van der Waals surface area (Å²) in [7, 11) is -7.60. The molecule has 3 unspecified atom stereocenters. The molecule has 0 spiro atoms. The molecule has 0 aromatic rings. The number of carbonyl (C=O) groups excluding carboxylic acids is 1. The Bertz CT molecular complexity index is 424. The van der Waals surface area contributed by atoms with Gasteiger partial charge >= 0.3 is 0 Å². The summed E-state index contributed by atoms with van der Waals surface area (Å²) in [6.45, 7) is 0. The maximum Gasteiger partial charge on any atom is 0.230 e. The second kappa shape index (κ2) is 5.19. The van der Waals surface area contributed by atoms with E-state index in [2.05, 4.69) is 0 Å². The molecule has 0 amide bonds. The highest BCUT2D eigenvalue weighted by atomic mass is 32.3. The second-order valence-corrected chi connectivity index (χ2v) is 6.55. The van der Waals surface area contributed by atoms with Gasteiger partial charge in [0.25, 0.3) is 0 Å². The van der Waals surface area contributed by atoms with Gasteiger partial charge in [-0.25, -0.2) is 21.2 Å². The number of hydrogen-bond donors (Lipinski definition) is 2. The molecule has 9 heteroatoms. The molecule has 1 saturated carbocycles. The molecule has 6 nitrogen and oxygen atoms in total. The summed E-state index contributed by atoms with van der Waals surface area (Å²) in [5.74, 6) is -0.972. The number of aldehydes is 1. The van der Waals surface area contributed by atoms with Gasteiger partial charge in [-0.05, 0) is 12.8 Å². The van der Waals surface area contributed by atoms with Crippen molar-refractivity contribution in [2.24, 2.45) is 5.92 Å². The largest absolute Gasteiger partial charge is 0.303 e. The topological polar surface area (TPSA) is 97.4 Å². The first-order valence-electron chi connectivity index (χ1n) is 4.63. The van der Waals surface area contributed by atoms with Gasteiger partial charge in [0.1, 0.15) is 17.7 Å². The summed E-state index contributed by atoms with van der Waals surface area (Å²) in [4.78, 5) is 10.5. The van der Waals surface area contributed by atoms with E-state index in [0.717, 1.165) is 0 Å². The Morgan fingerprint density at radius 2 is 1.94 bits per heavy atom. The number of alkyl halides is 1. The van der Waals surface area contributed by atoms with Crippen LogP contribution in [0.5, 0.6) is 0 Å². The highest BCUT2D eigenvalue weighted by Crippen LogP contribution is 2.30. The Morgan fingerprint density at radius 3 is 2.44 bits per heavy atom. The molecule has 1 aliphatic rings. The second-order valence-electron chi connectivity index (χ2n) is 3.61. The first-order chi connectivity index (χ1) is 7.38. The van der Waals surface area contributed by atoms with Gasteiger partial charge in [-0.1, -0.05) is 6.42 Å². The molecular weight excluding hydrogens is 261 g/mol. The maximum absolute atomic E-state index is 13.6. The van der Waals surface area contributed by atoms with Gasteiger partial charge in [0.2, 0.25) is 20.9 Å². The summed E-state index contributed by atoms with van der Waals surface area (Å²) in [5, 5.41) is -1.47. The van der Waals surface area contributed by atoms with E-state index in [-0.39, 0.29) is 6.42 Å².